The fourth-order valence-corrected chi connectivity index (χ4v) is 0.575. The molecule has 1 nitrogen and oxygen atoms in total. The SMILES string of the molecule is CC(C)COCC(C)C(F)(F)F. The Hall–Kier alpha value is -0.250. The first-order valence-corrected chi connectivity index (χ1v) is 3.98. The third-order valence-corrected chi connectivity index (χ3v) is 1.38. The van der Waals surface area contributed by atoms with Gasteiger partial charge in [0.2, 0.25) is 0 Å². The second-order valence-corrected chi connectivity index (χ2v) is 3.37. The van der Waals surface area contributed by atoms with Crippen LogP contribution in [0.15, 0.2) is 0 Å². The number of rotatable bonds is 4. The Balaban J connectivity index is 3.51. The Labute approximate surface area is 70.9 Å². The third-order valence-electron chi connectivity index (χ3n) is 1.38. The lowest BCUT2D eigenvalue weighted by atomic mass is 10.2. The molecular weight excluding hydrogens is 169 g/mol. The average molecular weight is 184 g/mol. The highest BCUT2D eigenvalue weighted by atomic mass is 19.4. The minimum atomic E-state index is -4.13. The Kier molecular flexibility index (Phi) is 4.60. The molecule has 4 heteroatoms. The van der Waals surface area contributed by atoms with Gasteiger partial charge in [-0.2, -0.15) is 13.2 Å². The number of ether oxygens (including phenoxy) is 1. The monoisotopic (exact) mass is 184 g/mol. The summed E-state index contributed by atoms with van der Waals surface area (Å²) in [5.41, 5.74) is 0. The summed E-state index contributed by atoms with van der Waals surface area (Å²) in [4.78, 5) is 0. The van der Waals surface area contributed by atoms with Gasteiger partial charge in [-0.3, -0.25) is 0 Å². The van der Waals surface area contributed by atoms with E-state index in [0.29, 0.717) is 6.61 Å². The van der Waals surface area contributed by atoms with Crippen LogP contribution in [0.3, 0.4) is 0 Å². The van der Waals surface area contributed by atoms with Gasteiger partial charge in [0.25, 0.3) is 0 Å². The van der Waals surface area contributed by atoms with E-state index >= 15 is 0 Å². The van der Waals surface area contributed by atoms with Crippen molar-refractivity contribution in [2.75, 3.05) is 13.2 Å². The van der Waals surface area contributed by atoms with Crippen LogP contribution in [-0.4, -0.2) is 19.4 Å². The highest BCUT2D eigenvalue weighted by Gasteiger charge is 2.35. The van der Waals surface area contributed by atoms with Gasteiger partial charge >= 0.3 is 6.18 Å². The first-order valence-electron chi connectivity index (χ1n) is 3.98. The molecule has 0 N–H and O–H groups in total. The standard InChI is InChI=1S/C8H15F3O/c1-6(2)4-12-5-7(3)8(9,10)11/h6-7H,4-5H2,1-3H3. The Morgan fingerprint density at radius 1 is 1.08 bits per heavy atom. The maximum atomic E-state index is 11.9. The van der Waals surface area contributed by atoms with Crippen LogP contribution in [0.2, 0.25) is 0 Å². The predicted octanol–water partition coefficient (Wildman–Crippen LogP) is 2.86. The molecule has 0 amide bonds. The van der Waals surface area contributed by atoms with Crippen molar-refractivity contribution in [3.8, 4) is 0 Å². The van der Waals surface area contributed by atoms with Crippen LogP contribution in [0.25, 0.3) is 0 Å². The van der Waals surface area contributed by atoms with Crippen LogP contribution in [0.1, 0.15) is 20.8 Å². The van der Waals surface area contributed by atoms with E-state index in [1.54, 1.807) is 0 Å². The quantitative estimate of drug-likeness (QED) is 0.652. The van der Waals surface area contributed by atoms with Gasteiger partial charge in [0.15, 0.2) is 0 Å². The average Bonchev–Trinajstić information content (AvgIpc) is 1.84. The summed E-state index contributed by atoms with van der Waals surface area (Å²) in [6.07, 6.45) is -4.13. The first-order chi connectivity index (χ1) is 5.34. The van der Waals surface area contributed by atoms with E-state index in [1.165, 1.54) is 0 Å². The largest absolute Gasteiger partial charge is 0.393 e. The van der Waals surface area contributed by atoms with E-state index in [1.807, 2.05) is 13.8 Å². The minimum absolute atomic E-state index is 0.234. The van der Waals surface area contributed by atoms with E-state index in [4.69, 9.17) is 4.74 Å². The van der Waals surface area contributed by atoms with Gasteiger partial charge in [0.05, 0.1) is 12.5 Å². The lowest BCUT2D eigenvalue weighted by molar-refractivity contribution is -0.183. The van der Waals surface area contributed by atoms with Crippen LogP contribution >= 0.6 is 0 Å². The lowest BCUT2D eigenvalue weighted by Crippen LogP contribution is -2.25. The first kappa shape index (κ1) is 11.8. The molecule has 0 bridgehead atoms. The van der Waals surface area contributed by atoms with E-state index in [-0.39, 0.29) is 12.5 Å². The van der Waals surface area contributed by atoms with Crippen molar-refractivity contribution >= 4 is 0 Å². The Morgan fingerprint density at radius 3 is 1.92 bits per heavy atom. The van der Waals surface area contributed by atoms with E-state index in [9.17, 15) is 13.2 Å². The molecule has 0 aliphatic carbocycles. The zero-order valence-electron chi connectivity index (χ0n) is 7.61. The zero-order valence-corrected chi connectivity index (χ0v) is 7.61. The maximum absolute atomic E-state index is 11.9. The van der Waals surface area contributed by atoms with Crippen molar-refractivity contribution in [2.24, 2.45) is 11.8 Å². The molecular formula is C8H15F3O. The summed E-state index contributed by atoms with van der Waals surface area (Å²) in [6.45, 7) is 5.08. The molecule has 0 spiro atoms. The van der Waals surface area contributed by atoms with Crippen LogP contribution in [0, 0.1) is 11.8 Å². The van der Waals surface area contributed by atoms with Gasteiger partial charge in [-0.1, -0.05) is 20.8 Å². The summed E-state index contributed by atoms with van der Waals surface area (Å²) < 4.78 is 40.5. The molecule has 0 saturated heterocycles. The van der Waals surface area contributed by atoms with Crippen molar-refractivity contribution in [2.45, 2.75) is 26.9 Å². The molecule has 0 fully saturated rings. The van der Waals surface area contributed by atoms with Crippen molar-refractivity contribution in [3.05, 3.63) is 0 Å². The van der Waals surface area contributed by atoms with Gasteiger partial charge in [0.1, 0.15) is 0 Å². The van der Waals surface area contributed by atoms with Crippen molar-refractivity contribution in [3.63, 3.8) is 0 Å². The third kappa shape index (κ3) is 5.41. The van der Waals surface area contributed by atoms with Gasteiger partial charge in [-0.05, 0) is 5.92 Å². The molecule has 0 aliphatic rings. The highest BCUT2D eigenvalue weighted by molar-refractivity contribution is 4.60. The van der Waals surface area contributed by atoms with E-state index in [2.05, 4.69) is 0 Å². The van der Waals surface area contributed by atoms with Crippen LogP contribution in [-0.2, 0) is 4.74 Å². The molecule has 0 rings (SSSR count). The fourth-order valence-electron chi connectivity index (χ4n) is 0.575. The molecule has 74 valence electrons. The molecule has 0 aromatic heterocycles. The zero-order chi connectivity index (χ0) is 9.78. The van der Waals surface area contributed by atoms with E-state index in [0.717, 1.165) is 6.92 Å². The number of hydrogen-bond acceptors (Lipinski definition) is 1. The molecule has 0 radical (unpaired) electrons. The summed E-state index contributed by atoms with van der Waals surface area (Å²) >= 11 is 0. The van der Waals surface area contributed by atoms with Crippen molar-refractivity contribution in [1.82, 2.24) is 0 Å². The summed E-state index contributed by atoms with van der Waals surface area (Å²) in [6, 6.07) is 0. The minimum Gasteiger partial charge on any atom is -0.381 e. The number of hydrogen-bond donors (Lipinski definition) is 0. The normalized spacial score (nSPS) is 15.2. The fraction of sp³-hybridized carbons (Fsp3) is 1.00. The van der Waals surface area contributed by atoms with Crippen molar-refractivity contribution in [1.29, 1.82) is 0 Å². The van der Waals surface area contributed by atoms with E-state index < -0.39 is 12.1 Å². The van der Waals surface area contributed by atoms with Gasteiger partial charge in [0, 0.05) is 6.61 Å². The van der Waals surface area contributed by atoms with Gasteiger partial charge in [-0.25, -0.2) is 0 Å². The maximum Gasteiger partial charge on any atom is 0.393 e. The number of halogens is 3. The number of alkyl halides is 3. The molecule has 1 unspecified atom stereocenters. The molecule has 0 aromatic carbocycles. The molecule has 0 heterocycles. The van der Waals surface area contributed by atoms with Crippen molar-refractivity contribution < 1.29 is 17.9 Å². The molecule has 12 heavy (non-hydrogen) atoms. The topological polar surface area (TPSA) is 9.23 Å². The molecule has 0 aliphatic heterocycles. The second-order valence-electron chi connectivity index (χ2n) is 3.37. The lowest BCUT2D eigenvalue weighted by Gasteiger charge is -2.16. The highest BCUT2D eigenvalue weighted by Crippen LogP contribution is 2.25. The Morgan fingerprint density at radius 2 is 1.58 bits per heavy atom. The molecule has 0 saturated carbocycles. The van der Waals surface area contributed by atoms with Gasteiger partial charge < -0.3 is 4.74 Å². The summed E-state index contributed by atoms with van der Waals surface area (Å²) in [5.74, 6) is -1.08. The summed E-state index contributed by atoms with van der Waals surface area (Å²) in [7, 11) is 0. The Bertz CT molecular complexity index is 120. The van der Waals surface area contributed by atoms with Gasteiger partial charge in [-0.15, -0.1) is 0 Å². The molecule has 1 atom stereocenters. The van der Waals surface area contributed by atoms with Crippen LogP contribution in [0.5, 0.6) is 0 Å². The second kappa shape index (κ2) is 4.70. The molecule has 0 aromatic rings. The predicted molar refractivity (Wildman–Crippen MR) is 40.9 cm³/mol. The summed E-state index contributed by atoms with van der Waals surface area (Å²) in [5, 5.41) is 0. The smallest absolute Gasteiger partial charge is 0.381 e. The van der Waals surface area contributed by atoms with Crippen LogP contribution in [0.4, 0.5) is 13.2 Å². The van der Waals surface area contributed by atoms with Crippen LogP contribution < -0.4 is 0 Å².